The summed E-state index contributed by atoms with van der Waals surface area (Å²) in [5.41, 5.74) is -1.04. The number of benzene rings is 1. The van der Waals surface area contributed by atoms with E-state index in [0.717, 1.165) is 5.56 Å². The van der Waals surface area contributed by atoms with Gasteiger partial charge >= 0.3 is 0 Å². The van der Waals surface area contributed by atoms with Gasteiger partial charge in [0.05, 0.1) is 12.0 Å². The van der Waals surface area contributed by atoms with Crippen molar-refractivity contribution in [1.29, 1.82) is 0 Å². The molecule has 0 aliphatic carbocycles. The van der Waals surface area contributed by atoms with Crippen LogP contribution in [-0.2, 0) is 16.0 Å². The smallest absolute Gasteiger partial charge is 0.247 e. The molecule has 1 aromatic rings. The first-order valence-corrected chi connectivity index (χ1v) is 7.31. The molecule has 1 atom stereocenters. The first kappa shape index (κ1) is 18.2. The van der Waals surface area contributed by atoms with Crippen LogP contribution in [0.25, 0.3) is 0 Å². The summed E-state index contributed by atoms with van der Waals surface area (Å²) < 4.78 is 0. The highest BCUT2D eigenvalue weighted by Crippen LogP contribution is 2.20. The highest BCUT2D eigenvalue weighted by atomic mass is 16.3. The number of hydrogen-bond donors (Lipinski definition) is 2. The number of hydrogen-bond acceptors (Lipinski definition) is 3. The third-order valence-electron chi connectivity index (χ3n) is 3.68. The van der Waals surface area contributed by atoms with Crippen LogP contribution in [0.1, 0.15) is 26.3 Å². The van der Waals surface area contributed by atoms with Crippen molar-refractivity contribution in [3.63, 3.8) is 0 Å². The van der Waals surface area contributed by atoms with Crippen molar-refractivity contribution in [1.82, 2.24) is 10.2 Å². The first-order valence-electron chi connectivity index (χ1n) is 7.31. The van der Waals surface area contributed by atoms with E-state index in [2.05, 4.69) is 5.32 Å². The first-order chi connectivity index (χ1) is 10.1. The molecule has 0 aliphatic rings. The molecule has 5 nitrogen and oxygen atoms in total. The number of aliphatic hydroxyl groups is 1. The molecule has 0 fully saturated rings. The molecular formula is C17H26N2O3. The van der Waals surface area contributed by atoms with Crippen LogP contribution >= 0.6 is 0 Å². The second-order valence-corrected chi connectivity index (χ2v) is 6.69. The summed E-state index contributed by atoms with van der Waals surface area (Å²) in [4.78, 5) is 26.4. The lowest BCUT2D eigenvalue weighted by Gasteiger charge is -2.35. The maximum atomic E-state index is 12.6. The Morgan fingerprint density at radius 3 is 2.14 bits per heavy atom. The van der Waals surface area contributed by atoms with Crippen molar-refractivity contribution < 1.29 is 14.7 Å². The van der Waals surface area contributed by atoms with Gasteiger partial charge in [0.15, 0.2) is 0 Å². The average molecular weight is 306 g/mol. The van der Waals surface area contributed by atoms with Crippen LogP contribution in [-0.4, -0.2) is 48.1 Å². The van der Waals surface area contributed by atoms with Gasteiger partial charge in [0.25, 0.3) is 0 Å². The highest BCUT2D eigenvalue weighted by molar-refractivity contribution is 5.92. The SMILES string of the molecule is CN(C)C(=O)C(C)(Cc1ccccc1)NC(=O)C(C)(C)CO. The van der Waals surface area contributed by atoms with E-state index < -0.39 is 11.0 Å². The third kappa shape index (κ3) is 4.31. The zero-order valence-electron chi connectivity index (χ0n) is 14.0. The molecule has 1 unspecified atom stereocenters. The van der Waals surface area contributed by atoms with E-state index in [9.17, 15) is 14.7 Å². The van der Waals surface area contributed by atoms with Crippen molar-refractivity contribution in [3.05, 3.63) is 35.9 Å². The average Bonchev–Trinajstić information content (AvgIpc) is 2.47. The summed E-state index contributed by atoms with van der Waals surface area (Å²) in [6, 6.07) is 9.54. The fourth-order valence-corrected chi connectivity index (χ4v) is 2.16. The largest absolute Gasteiger partial charge is 0.395 e. The second-order valence-electron chi connectivity index (χ2n) is 6.69. The Kier molecular flexibility index (Phi) is 5.72. The molecule has 22 heavy (non-hydrogen) atoms. The maximum absolute atomic E-state index is 12.6. The minimum absolute atomic E-state index is 0.182. The van der Waals surface area contributed by atoms with Gasteiger partial charge in [0.2, 0.25) is 11.8 Å². The molecule has 2 N–H and O–H groups in total. The highest BCUT2D eigenvalue weighted by Gasteiger charge is 2.39. The Morgan fingerprint density at radius 1 is 1.14 bits per heavy atom. The summed E-state index contributed by atoms with van der Waals surface area (Å²) in [5.74, 6) is -0.526. The Bertz CT molecular complexity index is 526. The van der Waals surface area contributed by atoms with E-state index in [4.69, 9.17) is 0 Å². The normalized spacial score (nSPS) is 14.1. The predicted octanol–water partition coefficient (Wildman–Crippen LogP) is 1.21. The minimum atomic E-state index is -1.06. The van der Waals surface area contributed by atoms with Gasteiger partial charge in [-0.1, -0.05) is 30.3 Å². The molecule has 0 saturated heterocycles. The van der Waals surface area contributed by atoms with E-state index in [1.165, 1.54) is 4.90 Å². The monoisotopic (exact) mass is 306 g/mol. The maximum Gasteiger partial charge on any atom is 0.247 e. The van der Waals surface area contributed by atoms with Gasteiger partial charge in [-0.25, -0.2) is 0 Å². The number of carbonyl (C=O) groups excluding carboxylic acids is 2. The van der Waals surface area contributed by atoms with Crippen LogP contribution in [0, 0.1) is 5.41 Å². The molecule has 0 aromatic heterocycles. The quantitative estimate of drug-likeness (QED) is 0.830. The van der Waals surface area contributed by atoms with Crippen molar-refractivity contribution in [2.75, 3.05) is 20.7 Å². The molecule has 2 amide bonds. The molecule has 0 heterocycles. The van der Waals surface area contributed by atoms with Crippen LogP contribution in [0.3, 0.4) is 0 Å². The van der Waals surface area contributed by atoms with Crippen LogP contribution < -0.4 is 5.32 Å². The van der Waals surface area contributed by atoms with E-state index in [-0.39, 0.29) is 18.4 Å². The van der Waals surface area contributed by atoms with Gasteiger partial charge in [0.1, 0.15) is 5.54 Å². The fourth-order valence-electron chi connectivity index (χ4n) is 2.16. The van der Waals surface area contributed by atoms with Crippen molar-refractivity contribution in [2.45, 2.75) is 32.7 Å². The number of nitrogens with zero attached hydrogens (tertiary/aromatic N) is 1. The second kappa shape index (κ2) is 6.92. The molecule has 5 heteroatoms. The van der Waals surface area contributed by atoms with Gasteiger partial charge in [-0.15, -0.1) is 0 Å². The van der Waals surface area contributed by atoms with E-state index in [0.29, 0.717) is 6.42 Å². The molecule has 1 rings (SSSR count). The molecule has 0 saturated carbocycles. The number of carbonyl (C=O) groups is 2. The molecule has 1 aromatic carbocycles. The minimum Gasteiger partial charge on any atom is -0.395 e. The third-order valence-corrected chi connectivity index (χ3v) is 3.68. The Morgan fingerprint density at radius 2 is 1.68 bits per heavy atom. The standard InChI is InChI=1S/C17H26N2O3/c1-16(2,12-20)14(21)18-17(3,15(22)19(4)5)11-13-9-7-6-8-10-13/h6-10,20H,11-12H2,1-5H3,(H,18,21). The lowest BCUT2D eigenvalue weighted by atomic mass is 9.87. The van der Waals surface area contributed by atoms with Crippen molar-refractivity contribution in [3.8, 4) is 0 Å². The molecule has 0 spiro atoms. The van der Waals surface area contributed by atoms with Gasteiger partial charge in [-0.05, 0) is 26.3 Å². The summed E-state index contributed by atoms with van der Waals surface area (Å²) in [6.45, 7) is 4.72. The summed E-state index contributed by atoms with van der Waals surface area (Å²) in [7, 11) is 3.32. The van der Waals surface area contributed by atoms with E-state index in [1.807, 2.05) is 30.3 Å². The summed E-state index contributed by atoms with van der Waals surface area (Å²) in [5, 5.41) is 12.2. The number of nitrogens with one attached hydrogen (secondary N) is 1. The van der Waals surface area contributed by atoms with Crippen LogP contribution in [0.2, 0.25) is 0 Å². The molecule has 122 valence electrons. The summed E-state index contributed by atoms with van der Waals surface area (Å²) in [6.07, 6.45) is 0.387. The van der Waals surface area contributed by atoms with E-state index >= 15 is 0 Å². The Balaban J connectivity index is 3.07. The number of amides is 2. The predicted molar refractivity (Wildman–Crippen MR) is 86.3 cm³/mol. The number of likely N-dealkylation sites (N-methyl/N-ethyl adjacent to an activating group) is 1. The van der Waals surface area contributed by atoms with Crippen LogP contribution in [0.5, 0.6) is 0 Å². The van der Waals surface area contributed by atoms with Gasteiger partial charge in [-0.2, -0.15) is 0 Å². The Labute approximate surface area is 132 Å². The lowest BCUT2D eigenvalue weighted by molar-refractivity contribution is -0.142. The van der Waals surface area contributed by atoms with Gasteiger partial charge in [0, 0.05) is 20.5 Å². The van der Waals surface area contributed by atoms with Crippen molar-refractivity contribution >= 4 is 11.8 Å². The molecule has 0 aliphatic heterocycles. The van der Waals surface area contributed by atoms with Crippen LogP contribution in [0.15, 0.2) is 30.3 Å². The zero-order valence-corrected chi connectivity index (χ0v) is 14.0. The van der Waals surface area contributed by atoms with Gasteiger partial charge in [-0.3, -0.25) is 9.59 Å². The molecule has 0 bridgehead atoms. The molecule has 0 radical (unpaired) electrons. The Hall–Kier alpha value is -1.88. The topological polar surface area (TPSA) is 69.6 Å². The summed E-state index contributed by atoms with van der Waals surface area (Å²) >= 11 is 0. The number of aliphatic hydroxyl groups excluding tert-OH is 1. The lowest BCUT2D eigenvalue weighted by Crippen LogP contribution is -2.60. The zero-order chi connectivity index (χ0) is 17.0. The van der Waals surface area contributed by atoms with E-state index in [1.54, 1.807) is 34.9 Å². The molecular weight excluding hydrogens is 280 g/mol. The fraction of sp³-hybridized carbons (Fsp3) is 0.529. The van der Waals surface area contributed by atoms with Crippen molar-refractivity contribution in [2.24, 2.45) is 5.41 Å². The van der Waals surface area contributed by atoms with Gasteiger partial charge < -0.3 is 15.3 Å². The number of rotatable bonds is 6. The van der Waals surface area contributed by atoms with Crippen LogP contribution in [0.4, 0.5) is 0 Å².